The van der Waals surface area contributed by atoms with Gasteiger partial charge in [-0.15, -0.1) is 0 Å². The number of likely N-dealkylation sites (tertiary alicyclic amines) is 2. The van der Waals surface area contributed by atoms with E-state index in [1.54, 1.807) is 7.11 Å². The van der Waals surface area contributed by atoms with E-state index in [0.717, 1.165) is 51.9 Å². The van der Waals surface area contributed by atoms with Gasteiger partial charge in [0.25, 0.3) is 0 Å². The quantitative estimate of drug-likeness (QED) is 0.823. The molecule has 2 aliphatic rings. The van der Waals surface area contributed by atoms with Crippen LogP contribution in [0.5, 0.6) is 0 Å². The number of ether oxygens (including phenoxy) is 1. The van der Waals surface area contributed by atoms with Crippen LogP contribution in [0.15, 0.2) is 12.4 Å². The van der Waals surface area contributed by atoms with Crippen LogP contribution in [0.1, 0.15) is 37.7 Å². The lowest BCUT2D eigenvalue weighted by molar-refractivity contribution is -0.132. The minimum absolute atomic E-state index is 0.0688. The van der Waals surface area contributed by atoms with Gasteiger partial charge in [0.15, 0.2) is 0 Å². The van der Waals surface area contributed by atoms with Gasteiger partial charge in [-0.25, -0.2) is 0 Å². The molecule has 128 valence electrons. The number of carbonyl (C=O) groups excluding carboxylic acids is 1. The maximum Gasteiger partial charge on any atom is 0.223 e. The van der Waals surface area contributed by atoms with E-state index in [-0.39, 0.29) is 5.54 Å². The van der Waals surface area contributed by atoms with Crippen molar-refractivity contribution < 1.29 is 9.53 Å². The number of hydrogen-bond donors (Lipinski definition) is 0. The van der Waals surface area contributed by atoms with Crippen molar-refractivity contribution in [2.24, 2.45) is 7.05 Å². The largest absolute Gasteiger partial charge is 0.383 e. The monoisotopic (exact) mass is 320 g/mol. The number of aromatic nitrogens is 2. The molecule has 0 aliphatic carbocycles. The number of carbonyl (C=O) groups is 1. The Labute approximate surface area is 138 Å². The normalized spacial score (nSPS) is 26.2. The van der Waals surface area contributed by atoms with Gasteiger partial charge in [-0.2, -0.15) is 5.10 Å². The average Bonchev–Trinajstić information content (AvgIpc) is 2.99. The first-order valence-corrected chi connectivity index (χ1v) is 8.62. The van der Waals surface area contributed by atoms with E-state index >= 15 is 0 Å². The molecule has 0 unspecified atom stereocenters. The molecule has 6 heteroatoms. The van der Waals surface area contributed by atoms with Crippen LogP contribution in [0.3, 0.4) is 0 Å². The van der Waals surface area contributed by atoms with Crippen molar-refractivity contribution in [2.75, 3.05) is 33.4 Å². The average molecular weight is 320 g/mol. The smallest absolute Gasteiger partial charge is 0.223 e. The van der Waals surface area contributed by atoms with Gasteiger partial charge in [0, 0.05) is 57.5 Å². The predicted molar refractivity (Wildman–Crippen MR) is 87.9 cm³/mol. The van der Waals surface area contributed by atoms with Gasteiger partial charge < -0.3 is 9.64 Å². The molecule has 3 heterocycles. The summed E-state index contributed by atoms with van der Waals surface area (Å²) in [6.45, 7) is 4.47. The molecule has 0 radical (unpaired) electrons. The zero-order valence-electron chi connectivity index (χ0n) is 14.3. The third kappa shape index (κ3) is 3.58. The molecule has 23 heavy (non-hydrogen) atoms. The molecular weight excluding hydrogens is 292 g/mol. The maximum atomic E-state index is 12.3. The van der Waals surface area contributed by atoms with Gasteiger partial charge in [-0.05, 0) is 32.2 Å². The second-order valence-electron chi connectivity index (χ2n) is 6.91. The lowest BCUT2D eigenvalue weighted by Gasteiger charge is -2.38. The minimum Gasteiger partial charge on any atom is -0.383 e. The zero-order chi connectivity index (χ0) is 16.3. The first kappa shape index (κ1) is 16.5. The number of methoxy groups -OCH3 is 1. The molecule has 0 saturated carbocycles. The maximum absolute atomic E-state index is 12.3. The van der Waals surface area contributed by atoms with Crippen LogP contribution in [0.25, 0.3) is 0 Å². The Morgan fingerprint density at radius 2 is 2.17 bits per heavy atom. The third-order valence-corrected chi connectivity index (χ3v) is 5.37. The Morgan fingerprint density at radius 3 is 2.91 bits per heavy atom. The Morgan fingerprint density at radius 1 is 1.30 bits per heavy atom. The number of nitrogens with zero attached hydrogens (tertiary/aromatic N) is 4. The predicted octanol–water partition coefficient (Wildman–Crippen LogP) is 1.41. The summed E-state index contributed by atoms with van der Waals surface area (Å²) in [4.78, 5) is 16.9. The summed E-state index contributed by atoms with van der Waals surface area (Å²) in [5.74, 6) is 0.308. The van der Waals surface area contributed by atoms with E-state index in [0.29, 0.717) is 18.9 Å². The molecule has 0 N–H and O–H groups in total. The lowest BCUT2D eigenvalue weighted by atomic mass is 9.88. The highest BCUT2D eigenvalue weighted by atomic mass is 16.5. The number of aryl methyl sites for hydroxylation is 1. The summed E-state index contributed by atoms with van der Waals surface area (Å²) >= 11 is 0. The molecule has 1 aromatic heterocycles. The standard InChI is InChI=1S/C17H28N4O2/c1-19-13-15(12-18-19)14-20-8-3-5-17(7-9-20)6-4-16(22)21(17)10-11-23-2/h12-13H,3-11,14H2,1-2H3/t17-/m0/s1. The molecule has 3 rings (SSSR count). The minimum atomic E-state index is 0.0688. The molecule has 0 bridgehead atoms. The van der Waals surface area contributed by atoms with Crippen LogP contribution in [-0.4, -0.2) is 64.4 Å². The van der Waals surface area contributed by atoms with Crippen LogP contribution in [-0.2, 0) is 23.1 Å². The highest BCUT2D eigenvalue weighted by Gasteiger charge is 2.45. The van der Waals surface area contributed by atoms with Crippen LogP contribution in [0.2, 0.25) is 0 Å². The number of hydrogen-bond acceptors (Lipinski definition) is 4. The van der Waals surface area contributed by atoms with E-state index in [2.05, 4.69) is 21.1 Å². The fourth-order valence-electron chi connectivity index (χ4n) is 4.14. The second kappa shape index (κ2) is 7.01. The lowest BCUT2D eigenvalue weighted by Crippen LogP contribution is -2.47. The molecular formula is C17H28N4O2. The molecule has 2 fully saturated rings. The van der Waals surface area contributed by atoms with Crippen molar-refractivity contribution in [1.29, 1.82) is 0 Å². The Kier molecular flexibility index (Phi) is 5.02. The first-order valence-electron chi connectivity index (χ1n) is 8.62. The van der Waals surface area contributed by atoms with E-state index in [1.165, 1.54) is 5.56 Å². The molecule has 0 aromatic carbocycles. The highest BCUT2D eigenvalue weighted by molar-refractivity contribution is 5.79. The SMILES string of the molecule is COCCN1C(=O)CC[C@]12CCCN(Cc1cnn(C)c1)CC2. The Balaban J connectivity index is 1.63. The van der Waals surface area contributed by atoms with Crippen LogP contribution >= 0.6 is 0 Å². The molecule has 2 saturated heterocycles. The van der Waals surface area contributed by atoms with Gasteiger partial charge >= 0.3 is 0 Å². The van der Waals surface area contributed by atoms with Gasteiger partial charge in [-0.1, -0.05) is 0 Å². The van der Waals surface area contributed by atoms with Crippen molar-refractivity contribution in [3.8, 4) is 0 Å². The molecule has 1 atom stereocenters. The summed E-state index contributed by atoms with van der Waals surface area (Å²) in [6, 6.07) is 0. The second-order valence-corrected chi connectivity index (χ2v) is 6.91. The van der Waals surface area contributed by atoms with Gasteiger partial charge in [0.2, 0.25) is 5.91 Å². The fourth-order valence-corrected chi connectivity index (χ4v) is 4.14. The Hall–Kier alpha value is -1.40. The summed E-state index contributed by atoms with van der Waals surface area (Å²) in [7, 11) is 3.66. The van der Waals surface area contributed by atoms with Crippen molar-refractivity contribution in [3.05, 3.63) is 18.0 Å². The van der Waals surface area contributed by atoms with Crippen LogP contribution in [0.4, 0.5) is 0 Å². The van der Waals surface area contributed by atoms with Gasteiger partial charge in [-0.3, -0.25) is 14.4 Å². The van der Waals surface area contributed by atoms with Crippen molar-refractivity contribution >= 4 is 5.91 Å². The molecule has 1 amide bonds. The topological polar surface area (TPSA) is 50.6 Å². The molecule has 1 aromatic rings. The van der Waals surface area contributed by atoms with Gasteiger partial charge in [0.05, 0.1) is 12.8 Å². The van der Waals surface area contributed by atoms with Crippen LogP contribution in [0, 0.1) is 0 Å². The summed E-state index contributed by atoms with van der Waals surface area (Å²) in [5.41, 5.74) is 1.33. The zero-order valence-corrected chi connectivity index (χ0v) is 14.3. The van der Waals surface area contributed by atoms with Crippen molar-refractivity contribution in [1.82, 2.24) is 19.6 Å². The number of amides is 1. The summed E-state index contributed by atoms with van der Waals surface area (Å²) in [5, 5.41) is 4.26. The van der Waals surface area contributed by atoms with E-state index < -0.39 is 0 Å². The third-order valence-electron chi connectivity index (χ3n) is 5.37. The van der Waals surface area contributed by atoms with Crippen molar-refractivity contribution in [3.63, 3.8) is 0 Å². The fraction of sp³-hybridized carbons (Fsp3) is 0.765. The van der Waals surface area contributed by atoms with Gasteiger partial charge in [0.1, 0.15) is 0 Å². The Bertz CT molecular complexity index is 544. The van der Waals surface area contributed by atoms with E-state index in [1.807, 2.05) is 17.9 Å². The van der Waals surface area contributed by atoms with E-state index in [4.69, 9.17) is 4.74 Å². The summed E-state index contributed by atoms with van der Waals surface area (Å²) < 4.78 is 7.06. The first-order chi connectivity index (χ1) is 11.1. The molecule has 6 nitrogen and oxygen atoms in total. The van der Waals surface area contributed by atoms with E-state index in [9.17, 15) is 4.79 Å². The molecule has 2 aliphatic heterocycles. The number of rotatable bonds is 5. The molecule has 1 spiro atoms. The summed E-state index contributed by atoms with van der Waals surface area (Å²) in [6.07, 6.45) is 9.09. The van der Waals surface area contributed by atoms with Crippen LogP contribution < -0.4 is 0 Å². The van der Waals surface area contributed by atoms with Crippen molar-refractivity contribution in [2.45, 2.75) is 44.2 Å². The highest BCUT2D eigenvalue weighted by Crippen LogP contribution is 2.39.